The summed E-state index contributed by atoms with van der Waals surface area (Å²) in [5.74, 6) is 0.489. The Balaban J connectivity index is 2.73. The van der Waals surface area contributed by atoms with Gasteiger partial charge in [-0.25, -0.2) is 9.97 Å². The van der Waals surface area contributed by atoms with E-state index in [1.807, 2.05) is 12.1 Å². The van der Waals surface area contributed by atoms with Crippen molar-refractivity contribution in [2.24, 2.45) is 7.05 Å². The van der Waals surface area contributed by atoms with E-state index in [2.05, 4.69) is 9.97 Å². The van der Waals surface area contributed by atoms with E-state index in [4.69, 9.17) is 4.42 Å². The average Bonchev–Trinajstić information content (AvgIpc) is 2.68. The highest BCUT2D eigenvalue weighted by atomic mass is 16.3. The fourth-order valence-corrected chi connectivity index (χ4v) is 1.85. The Bertz CT molecular complexity index is 755. The van der Waals surface area contributed by atoms with Gasteiger partial charge in [0.2, 0.25) is 0 Å². The zero-order chi connectivity index (χ0) is 11.3. The molecule has 3 aromatic heterocycles. The third-order valence-corrected chi connectivity index (χ3v) is 2.59. The number of aryl methyl sites for hydroxylation is 2. The molecule has 16 heavy (non-hydrogen) atoms. The van der Waals surface area contributed by atoms with Gasteiger partial charge >= 0.3 is 0 Å². The van der Waals surface area contributed by atoms with Gasteiger partial charge in [0.05, 0.1) is 5.39 Å². The maximum Gasteiger partial charge on any atom is 0.281 e. The van der Waals surface area contributed by atoms with Crippen molar-refractivity contribution in [3.63, 3.8) is 0 Å². The molecule has 0 fully saturated rings. The second kappa shape index (κ2) is 2.91. The Kier molecular flexibility index (Phi) is 1.65. The first-order chi connectivity index (χ1) is 7.68. The van der Waals surface area contributed by atoms with Crippen molar-refractivity contribution in [1.82, 2.24) is 14.5 Å². The molecule has 0 spiro atoms. The molecular weight excluding hydrogens is 206 g/mol. The van der Waals surface area contributed by atoms with Crippen LogP contribution in [0.4, 0.5) is 0 Å². The van der Waals surface area contributed by atoms with Crippen LogP contribution in [0.1, 0.15) is 5.89 Å². The molecule has 0 radical (unpaired) electrons. The lowest BCUT2D eigenvalue weighted by Crippen LogP contribution is -2.18. The van der Waals surface area contributed by atoms with Crippen molar-refractivity contribution < 1.29 is 4.42 Å². The summed E-state index contributed by atoms with van der Waals surface area (Å²) in [6.07, 6.45) is 1.65. The van der Waals surface area contributed by atoms with E-state index in [1.54, 1.807) is 20.2 Å². The van der Waals surface area contributed by atoms with Crippen LogP contribution in [0.3, 0.4) is 0 Å². The van der Waals surface area contributed by atoms with Crippen LogP contribution in [0.15, 0.2) is 27.5 Å². The minimum absolute atomic E-state index is 0.182. The third kappa shape index (κ3) is 1.02. The summed E-state index contributed by atoms with van der Waals surface area (Å²) in [5, 5.41) is 0.806. The van der Waals surface area contributed by atoms with Gasteiger partial charge in [0.15, 0.2) is 17.0 Å². The summed E-state index contributed by atoms with van der Waals surface area (Å²) in [7, 11) is 1.68. The normalized spacial score (nSPS) is 11.4. The predicted molar refractivity (Wildman–Crippen MR) is 59.3 cm³/mol. The standard InChI is InChI=1S/C11H9N3O2/c1-6-13-8-9(16-6)7-4-3-5-12-10(7)14(2)11(8)15/h3-5H,1-2H3. The molecule has 0 unspecified atom stereocenters. The smallest absolute Gasteiger partial charge is 0.281 e. The van der Waals surface area contributed by atoms with Gasteiger partial charge in [-0.2, -0.15) is 0 Å². The number of rotatable bonds is 0. The Morgan fingerprint density at radius 3 is 3.06 bits per heavy atom. The molecule has 0 saturated carbocycles. The number of nitrogens with zero attached hydrogens (tertiary/aromatic N) is 3. The highest BCUT2D eigenvalue weighted by Crippen LogP contribution is 2.21. The Hall–Kier alpha value is -2.17. The van der Waals surface area contributed by atoms with Crippen LogP contribution in [0.2, 0.25) is 0 Å². The summed E-state index contributed by atoms with van der Waals surface area (Å²) in [4.78, 5) is 20.2. The molecule has 3 heterocycles. The van der Waals surface area contributed by atoms with E-state index < -0.39 is 0 Å². The molecule has 0 aliphatic carbocycles. The summed E-state index contributed by atoms with van der Waals surface area (Å²) in [5.41, 5.74) is 1.30. The Labute approximate surface area is 90.3 Å². The maximum atomic E-state index is 12.0. The number of pyridine rings is 2. The average molecular weight is 215 g/mol. The summed E-state index contributed by atoms with van der Waals surface area (Å²) in [6.45, 7) is 1.72. The highest BCUT2D eigenvalue weighted by Gasteiger charge is 2.14. The third-order valence-electron chi connectivity index (χ3n) is 2.59. The number of fused-ring (bicyclic) bond motifs is 3. The highest BCUT2D eigenvalue weighted by molar-refractivity contribution is 5.98. The zero-order valence-electron chi connectivity index (χ0n) is 8.89. The molecule has 0 amide bonds. The van der Waals surface area contributed by atoms with E-state index in [9.17, 15) is 4.79 Å². The first kappa shape index (κ1) is 9.08. The van der Waals surface area contributed by atoms with Gasteiger partial charge in [0.25, 0.3) is 5.56 Å². The zero-order valence-corrected chi connectivity index (χ0v) is 8.89. The molecule has 0 aliphatic heterocycles. The molecule has 3 aromatic rings. The lowest BCUT2D eigenvalue weighted by atomic mass is 10.2. The molecule has 0 bridgehead atoms. The first-order valence-electron chi connectivity index (χ1n) is 4.89. The van der Waals surface area contributed by atoms with Gasteiger partial charge in [0.1, 0.15) is 5.65 Å². The van der Waals surface area contributed by atoms with Gasteiger partial charge in [-0.15, -0.1) is 0 Å². The molecule has 0 N–H and O–H groups in total. The van der Waals surface area contributed by atoms with Gasteiger partial charge in [-0.1, -0.05) is 0 Å². The minimum atomic E-state index is -0.182. The largest absolute Gasteiger partial charge is 0.440 e. The van der Waals surface area contributed by atoms with E-state index >= 15 is 0 Å². The Morgan fingerprint density at radius 2 is 2.25 bits per heavy atom. The lowest BCUT2D eigenvalue weighted by molar-refractivity contribution is 0.563. The number of hydrogen-bond acceptors (Lipinski definition) is 4. The van der Waals surface area contributed by atoms with Gasteiger partial charge < -0.3 is 4.42 Å². The summed E-state index contributed by atoms with van der Waals surface area (Å²) in [6, 6.07) is 3.68. The quantitative estimate of drug-likeness (QED) is 0.568. The molecule has 80 valence electrons. The molecular formula is C11H9N3O2. The van der Waals surface area contributed by atoms with Crippen LogP contribution in [-0.2, 0) is 7.05 Å². The Morgan fingerprint density at radius 1 is 1.44 bits per heavy atom. The van der Waals surface area contributed by atoms with Gasteiger partial charge in [-0.3, -0.25) is 9.36 Å². The maximum absolute atomic E-state index is 12.0. The lowest BCUT2D eigenvalue weighted by Gasteiger charge is -2.02. The van der Waals surface area contributed by atoms with Crippen molar-refractivity contribution in [3.05, 3.63) is 34.6 Å². The van der Waals surface area contributed by atoms with E-state index in [0.29, 0.717) is 22.6 Å². The number of hydrogen-bond donors (Lipinski definition) is 0. The van der Waals surface area contributed by atoms with E-state index in [1.165, 1.54) is 4.57 Å². The summed E-state index contributed by atoms with van der Waals surface area (Å²) < 4.78 is 6.94. The monoisotopic (exact) mass is 215 g/mol. The van der Waals surface area contributed by atoms with Crippen LogP contribution in [0, 0.1) is 6.92 Å². The van der Waals surface area contributed by atoms with Crippen molar-refractivity contribution in [1.29, 1.82) is 0 Å². The van der Waals surface area contributed by atoms with E-state index in [-0.39, 0.29) is 5.56 Å². The second-order valence-corrected chi connectivity index (χ2v) is 3.65. The first-order valence-corrected chi connectivity index (χ1v) is 4.89. The van der Waals surface area contributed by atoms with Crippen molar-refractivity contribution in [2.75, 3.05) is 0 Å². The molecule has 5 nitrogen and oxygen atoms in total. The topological polar surface area (TPSA) is 60.9 Å². The summed E-state index contributed by atoms with van der Waals surface area (Å²) >= 11 is 0. The fraction of sp³-hybridized carbons (Fsp3) is 0.182. The molecule has 0 atom stereocenters. The van der Waals surface area contributed by atoms with Crippen LogP contribution >= 0.6 is 0 Å². The minimum Gasteiger partial charge on any atom is -0.440 e. The fourth-order valence-electron chi connectivity index (χ4n) is 1.85. The second-order valence-electron chi connectivity index (χ2n) is 3.65. The van der Waals surface area contributed by atoms with Crippen molar-refractivity contribution in [2.45, 2.75) is 6.92 Å². The van der Waals surface area contributed by atoms with Crippen molar-refractivity contribution in [3.8, 4) is 0 Å². The molecule has 0 aromatic carbocycles. The predicted octanol–water partition coefficient (Wildman–Crippen LogP) is 1.38. The van der Waals surface area contributed by atoms with Gasteiger partial charge in [0, 0.05) is 20.2 Å². The SMILES string of the molecule is Cc1nc2c(=O)n(C)c3ncccc3c2o1. The van der Waals surface area contributed by atoms with Crippen molar-refractivity contribution >= 4 is 22.1 Å². The number of aromatic nitrogens is 3. The van der Waals surface area contributed by atoms with Crippen LogP contribution in [-0.4, -0.2) is 14.5 Å². The molecule has 3 rings (SSSR count). The van der Waals surface area contributed by atoms with Gasteiger partial charge in [-0.05, 0) is 12.1 Å². The van der Waals surface area contributed by atoms with Crippen LogP contribution < -0.4 is 5.56 Å². The molecule has 5 heteroatoms. The molecule has 0 saturated heterocycles. The number of oxazole rings is 1. The molecule has 0 aliphatic rings. The van der Waals surface area contributed by atoms with Crippen LogP contribution in [0.25, 0.3) is 22.1 Å². The van der Waals surface area contributed by atoms with E-state index in [0.717, 1.165) is 5.39 Å². The van der Waals surface area contributed by atoms with Crippen LogP contribution in [0.5, 0.6) is 0 Å².